The lowest BCUT2D eigenvalue weighted by atomic mass is 10.0. The first kappa shape index (κ1) is 14.1. The van der Waals surface area contributed by atoms with Crippen molar-refractivity contribution in [2.45, 2.75) is 5.37 Å². The van der Waals surface area contributed by atoms with Gasteiger partial charge in [0, 0.05) is 5.56 Å². The highest BCUT2D eigenvalue weighted by molar-refractivity contribution is 8.00. The number of carbonyl (C=O) groups excluding carboxylic acids is 1. The van der Waals surface area contributed by atoms with Crippen LogP contribution >= 0.6 is 11.8 Å². The highest BCUT2D eigenvalue weighted by Gasteiger charge is 2.28. The first-order chi connectivity index (χ1) is 11.3. The lowest BCUT2D eigenvalue weighted by Crippen LogP contribution is -2.06. The molecule has 1 unspecified atom stereocenters. The van der Waals surface area contributed by atoms with Crippen LogP contribution in [0.5, 0.6) is 0 Å². The van der Waals surface area contributed by atoms with Crippen molar-refractivity contribution in [2.24, 2.45) is 0 Å². The van der Waals surface area contributed by atoms with Gasteiger partial charge in [-0.3, -0.25) is 9.89 Å². The summed E-state index contributed by atoms with van der Waals surface area (Å²) in [5, 5.41) is 10.8. The number of hydrogen-bond donors (Lipinski definition) is 2. The molecule has 0 fully saturated rings. The second kappa shape index (κ2) is 5.93. The van der Waals surface area contributed by atoms with Crippen LogP contribution in [0.2, 0.25) is 0 Å². The summed E-state index contributed by atoms with van der Waals surface area (Å²) >= 11 is 1.60. The molecule has 1 aromatic heterocycles. The predicted molar refractivity (Wildman–Crippen MR) is 93.6 cm³/mol. The van der Waals surface area contributed by atoms with Crippen molar-refractivity contribution in [3.05, 3.63) is 71.8 Å². The fourth-order valence-corrected chi connectivity index (χ4v) is 3.74. The van der Waals surface area contributed by atoms with Gasteiger partial charge in [-0.25, -0.2) is 0 Å². The zero-order chi connectivity index (χ0) is 15.6. The van der Waals surface area contributed by atoms with Crippen LogP contribution in [-0.4, -0.2) is 21.7 Å². The van der Waals surface area contributed by atoms with E-state index in [1.54, 1.807) is 11.8 Å². The minimum atomic E-state index is 0.0216. The zero-order valence-corrected chi connectivity index (χ0v) is 13.1. The van der Waals surface area contributed by atoms with Crippen molar-refractivity contribution in [2.75, 3.05) is 11.1 Å². The average molecular weight is 321 g/mol. The van der Waals surface area contributed by atoms with Gasteiger partial charge in [0.1, 0.15) is 0 Å². The van der Waals surface area contributed by atoms with Gasteiger partial charge >= 0.3 is 0 Å². The molecular formula is C18H15N3OS. The minimum Gasteiger partial charge on any atom is -0.352 e. The van der Waals surface area contributed by atoms with E-state index < -0.39 is 0 Å². The summed E-state index contributed by atoms with van der Waals surface area (Å²) in [6.45, 7) is 0. The maximum atomic E-state index is 12.6. The van der Waals surface area contributed by atoms with Crippen LogP contribution < -0.4 is 5.32 Å². The fourth-order valence-electron chi connectivity index (χ4n) is 2.74. The largest absolute Gasteiger partial charge is 0.352 e. The van der Waals surface area contributed by atoms with E-state index in [1.807, 2.05) is 48.5 Å². The third kappa shape index (κ3) is 2.64. The lowest BCUT2D eigenvalue weighted by Gasteiger charge is -2.15. The maximum absolute atomic E-state index is 12.6. The number of thioether (sulfide) groups is 1. The van der Waals surface area contributed by atoms with Gasteiger partial charge in [-0.15, -0.1) is 11.8 Å². The van der Waals surface area contributed by atoms with E-state index in [4.69, 9.17) is 0 Å². The van der Waals surface area contributed by atoms with Crippen LogP contribution in [0.3, 0.4) is 0 Å². The molecule has 0 radical (unpaired) electrons. The van der Waals surface area contributed by atoms with Crippen molar-refractivity contribution in [1.82, 2.24) is 10.2 Å². The molecule has 0 saturated heterocycles. The lowest BCUT2D eigenvalue weighted by molar-refractivity contribution is 0.102. The van der Waals surface area contributed by atoms with Crippen LogP contribution in [0.4, 0.5) is 5.82 Å². The second-order valence-electron chi connectivity index (χ2n) is 5.36. The van der Waals surface area contributed by atoms with Crippen LogP contribution in [0.1, 0.15) is 21.3 Å². The Hall–Kier alpha value is -2.53. The van der Waals surface area contributed by atoms with E-state index >= 15 is 0 Å². The van der Waals surface area contributed by atoms with Gasteiger partial charge in [-0.2, -0.15) is 5.10 Å². The fraction of sp³-hybridized carbons (Fsp3) is 0.111. The Kier molecular flexibility index (Phi) is 3.63. The number of nitrogens with zero attached hydrogens (tertiary/aromatic N) is 1. The van der Waals surface area contributed by atoms with Gasteiger partial charge in [-0.1, -0.05) is 60.7 Å². The quantitative estimate of drug-likeness (QED) is 0.745. The van der Waals surface area contributed by atoms with Crippen LogP contribution in [-0.2, 0) is 0 Å². The van der Waals surface area contributed by atoms with Crippen molar-refractivity contribution >= 4 is 23.4 Å². The van der Waals surface area contributed by atoms with Gasteiger partial charge in [0.15, 0.2) is 11.6 Å². The van der Waals surface area contributed by atoms with Crippen molar-refractivity contribution in [3.63, 3.8) is 0 Å². The molecule has 0 saturated carbocycles. The maximum Gasteiger partial charge on any atom is 0.178 e. The highest BCUT2D eigenvalue weighted by Crippen LogP contribution is 2.38. The van der Waals surface area contributed by atoms with E-state index in [9.17, 15) is 4.79 Å². The topological polar surface area (TPSA) is 57.8 Å². The minimum absolute atomic E-state index is 0.0216. The van der Waals surface area contributed by atoms with Gasteiger partial charge in [0.2, 0.25) is 0 Å². The second-order valence-corrected chi connectivity index (χ2v) is 6.45. The number of benzene rings is 2. The first-order valence-corrected chi connectivity index (χ1v) is 8.48. The van der Waals surface area contributed by atoms with E-state index in [1.165, 1.54) is 0 Å². The van der Waals surface area contributed by atoms with Crippen molar-refractivity contribution in [1.29, 1.82) is 0 Å². The zero-order valence-electron chi connectivity index (χ0n) is 12.3. The number of nitrogens with one attached hydrogen (secondary N) is 2. The number of rotatable bonds is 2. The number of ketones is 1. The summed E-state index contributed by atoms with van der Waals surface area (Å²) in [7, 11) is 0. The monoisotopic (exact) mass is 321 g/mol. The average Bonchev–Trinajstić information content (AvgIpc) is 2.96. The summed E-state index contributed by atoms with van der Waals surface area (Å²) in [6.07, 6.45) is 0. The van der Waals surface area contributed by atoms with Crippen molar-refractivity contribution < 1.29 is 4.79 Å². The van der Waals surface area contributed by atoms with E-state index in [0.717, 1.165) is 16.8 Å². The Labute approximate surface area is 138 Å². The molecule has 3 aromatic rings. The number of fused-ring (bicyclic) bond motifs is 1. The summed E-state index contributed by atoms with van der Waals surface area (Å²) in [5.74, 6) is 1.16. The van der Waals surface area contributed by atoms with Gasteiger partial charge in [0.05, 0.1) is 22.4 Å². The number of anilines is 1. The molecule has 2 heterocycles. The smallest absolute Gasteiger partial charge is 0.178 e. The van der Waals surface area contributed by atoms with Crippen LogP contribution in [0, 0.1) is 0 Å². The number of aromatic amines is 1. The Bertz CT molecular complexity index is 830. The SMILES string of the molecule is O=C1CSC(c2ccccc2)Nc2n[nH]c(-c3ccccc3)c21. The van der Waals surface area contributed by atoms with Gasteiger partial charge in [0.25, 0.3) is 0 Å². The Balaban J connectivity index is 1.74. The molecule has 1 aliphatic heterocycles. The summed E-state index contributed by atoms with van der Waals surface area (Å²) in [6, 6.07) is 20.0. The first-order valence-electron chi connectivity index (χ1n) is 7.43. The molecule has 1 aliphatic rings. The number of aromatic nitrogens is 2. The molecule has 114 valence electrons. The van der Waals surface area contributed by atoms with Crippen molar-refractivity contribution in [3.8, 4) is 11.3 Å². The molecule has 2 aromatic carbocycles. The number of hydrogen-bond acceptors (Lipinski definition) is 4. The summed E-state index contributed by atoms with van der Waals surface area (Å²) in [4.78, 5) is 12.6. The number of carbonyl (C=O) groups is 1. The third-order valence-corrected chi connectivity index (χ3v) is 5.01. The Morgan fingerprint density at radius 2 is 1.70 bits per heavy atom. The van der Waals surface area contributed by atoms with Gasteiger partial charge < -0.3 is 5.32 Å². The normalized spacial score (nSPS) is 17.2. The molecule has 1 atom stereocenters. The molecule has 5 heteroatoms. The van der Waals surface area contributed by atoms with E-state index in [-0.39, 0.29) is 11.2 Å². The highest BCUT2D eigenvalue weighted by atomic mass is 32.2. The molecule has 0 bridgehead atoms. The molecule has 0 aliphatic carbocycles. The number of H-pyrrole nitrogens is 1. The van der Waals surface area contributed by atoms with E-state index in [0.29, 0.717) is 17.1 Å². The molecule has 2 N–H and O–H groups in total. The molecule has 0 amide bonds. The van der Waals surface area contributed by atoms with Crippen LogP contribution in [0.15, 0.2) is 60.7 Å². The predicted octanol–water partition coefficient (Wildman–Crippen LogP) is 4.12. The Morgan fingerprint density at radius 1 is 1.00 bits per heavy atom. The third-order valence-electron chi connectivity index (χ3n) is 3.86. The molecule has 23 heavy (non-hydrogen) atoms. The summed E-state index contributed by atoms with van der Waals surface area (Å²) < 4.78 is 0. The Morgan fingerprint density at radius 3 is 2.43 bits per heavy atom. The van der Waals surface area contributed by atoms with Crippen LogP contribution in [0.25, 0.3) is 11.3 Å². The molecule has 4 nitrogen and oxygen atoms in total. The number of Topliss-reactive ketones (excluding diaryl/α,β-unsaturated/α-hetero) is 1. The van der Waals surface area contributed by atoms with Gasteiger partial charge in [-0.05, 0) is 5.56 Å². The molecular weight excluding hydrogens is 306 g/mol. The van der Waals surface area contributed by atoms with E-state index in [2.05, 4.69) is 27.6 Å². The molecule has 4 rings (SSSR count). The summed E-state index contributed by atoms with van der Waals surface area (Å²) in [5.41, 5.74) is 3.55. The standard InChI is InChI=1S/C18H15N3OS/c22-14-11-23-18(13-9-5-2-6-10-13)19-17-15(14)16(20-21-17)12-7-3-1-4-8-12/h1-10,18H,11H2,(H2,19,20,21). The molecule has 0 spiro atoms.